The number of nitrogens with one attached hydrogen (secondary N) is 1. The van der Waals surface area contributed by atoms with Gasteiger partial charge in [0.2, 0.25) is 5.91 Å². The molecule has 7 heteroatoms. The lowest BCUT2D eigenvalue weighted by molar-refractivity contribution is -0.384. The minimum atomic E-state index is -0.503. The van der Waals surface area contributed by atoms with Gasteiger partial charge in [-0.25, -0.2) is 0 Å². The van der Waals surface area contributed by atoms with Crippen molar-refractivity contribution in [2.24, 2.45) is 0 Å². The fraction of sp³-hybridized carbons (Fsp3) is 0.300. The van der Waals surface area contributed by atoms with Gasteiger partial charge in [-0.15, -0.1) is 0 Å². The zero-order chi connectivity index (χ0) is 19.4. The largest absolute Gasteiger partial charge is 0.322 e. The normalized spacial score (nSPS) is 13.2. The summed E-state index contributed by atoms with van der Waals surface area (Å²) in [6.45, 7) is 2.79. The third-order valence-corrected chi connectivity index (χ3v) is 4.61. The molecule has 0 aromatic heterocycles. The first-order valence-electron chi connectivity index (χ1n) is 8.98. The predicted molar refractivity (Wildman–Crippen MR) is 103 cm³/mol. The van der Waals surface area contributed by atoms with Crippen LogP contribution in [0.15, 0.2) is 42.5 Å². The number of fused-ring (bicyclic) bond motifs is 1. The lowest BCUT2D eigenvalue weighted by atomic mass is 10.00. The van der Waals surface area contributed by atoms with Gasteiger partial charge < -0.3 is 10.2 Å². The van der Waals surface area contributed by atoms with E-state index >= 15 is 0 Å². The van der Waals surface area contributed by atoms with E-state index < -0.39 is 4.92 Å². The molecule has 0 saturated heterocycles. The van der Waals surface area contributed by atoms with E-state index in [1.807, 2.05) is 17.0 Å². The third kappa shape index (κ3) is 4.13. The Morgan fingerprint density at radius 2 is 1.93 bits per heavy atom. The Morgan fingerprint density at radius 1 is 1.19 bits per heavy atom. The van der Waals surface area contributed by atoms with Crippen molar-refractivity contribution in [1.82, 2.24) is 0 Å². The summed E-state index contributed by atoms with van der Waals surface area (Å²) in [5, 5.41) is 13.5. The molecule has 1 aliphatic rings. The molecule has 0 saturated carbocycles. The summed E-state index contributed by atoms with van der Waals surface area (Å²) < 4.78 is 0. The predicted octanol–water partition coefficient (Wildman–Crippen LogP) is 3.93. The highest BCUT2D eigenvalue weighted by molar-refractivity contribution is 6.05. The first-order chi connectivity index (χ1) is 13.0. The van der Waals surface area contributed by atoms with Crippen molar-refractivity contribution in [3.8, 4) is 0 Å². The Morgan fingerprint density at radius 3 is 2.59 bits per heavy atom. The molecule has 0 spiro atoms. The number of nitro groups is 1. The van der Waals surface area contributed by atoms with Gasteiger partial charge in [0.05, 0.1) is 4.92 Å². The first-order valence-corrected chi connectivity index (χ1v) is 8.98. The summed E-state index contributed by atoms with van der Waals surface area (Å²) in [6.07, 6.45) is 3.08. The van der Waals surface area contributed by atoms with Crippen molar-refractivity contribution < 1.29 is 14.5 Å². The number of anilines is 2. The van der Waals surface area contributed by atoms with Crippen LogP contribution in [0.3, 0.4) is 0 Å². The minimum Gasteiger partial charge on any atom is -0.322 e. The number of amides is 2. The quantitative estimate of drug-likeness (QED) is 0.618. The summed E-state index contributed by atoms with van der Waals surface area (Å²) in [4.78, 5) is 36.6. The van der Waals surface area contributed by atoms with Gasteiger partial charge in [0.25, 0.3) is 11.6 Å². The molecule has 2 aromatic carbocycles. The van der Waals surface area contributed by atoms with Crippen molar-refractivity contribution in [2.75, 3.05) is 16.8 Å². The highest BCUT2D eigenvalue weighted by Crippen LogP contribution is 2.30. The number of carbonyl (C=O) groups is 2. The molecule has 0 aliphatic carbocycles. The molecular weight excluding hydrogens is 346 g/mol. The van der Waals surface area contributed by atoms with Crippen LogP contribution in [0.5, 0.6) is 0 Å². The Balaban J connectivity index is 1.75. The number of rotatable bonds is 6. The molecule has 0 unspecified atom stereocenters. The van der Waals surface area contributed by atoms with E-state index in [-0.39, 0.29) is 17.5 Å². The van der Waals surface area contributed by atoms with Crippen LogP contribution in [0.4, 0.5) is 17.1 Å². The highest BCUT2D eigenvalue weighted by atomic mass is 16.6. The van der Waals surface area contributed by atoms with Crippen LogP contribution in [-0.2, 0) is 11.2 Å². The van der Waals surface area contributed by atoms with Gasteiger partial charge in [0.15, 0.2) is 0 Å². The van der Waals surface area contributed by atoms with Crippen LogP contribution < -0.4 is 10.2 Å². The number of unbranched alkanes of at least 4 members (excludes halogenated alkanes) is 1. The minimum absolute atomic E-state index is 0.0582. The van der Waals surface area contributed by atoms with Crippen LogP contribution in [-0.4, -0.2) is 23.3 Å². The lowest BCUT2D eigenvalue weighted by Crippen LogP contribution is -2.35. The number of aryl methyl sites for hydroxylation is 1. The summed E-state index contributed by atoms with van der Waals surface area (Å²) in [7, 11) is 0. The van der Waals surface area contributed by atoms with Crippen LogP contribution in [0.2, 0.25) is 0 Å². The molecule has 1 N–H and O–H groups in total. The summed E-state index contributed by atoms with van der Waals surface area (Å²) in [5.41, 5.74) is 2.87. The van der Waals surface area contributed by atoms with E-state index in [1.165, 1.54) is 24.3 Å². The number of hydrogen-bond donors (Lipinski definition) is 1. The average Bonchev–Trinajstić information content (AvgIpc) is 2.67. The lowest BCUT2D eigenvalue weighted by Gasteiger charge is -2.29. The monoisotopic (exact) mass is 367 g/mol. The molecule has 0 radical (unpaired) electrons. The molecule has 1 heterocycles. The van der Waals surface area contributed by atoms with Crippen LogP contribution in [0, 0.1) is 10.1 Å². The van der Waals surface area contributed by atoms with Crippen molar-refractivity contribution in [1.29, 1.82) is 0 Å². The summed E-state index contributed by atoms with van der Waals surface area (Å²) in [5.74, 6) is -0.196. The van der Waals surface area contributed by atoms with E-state index in [0.29, 0.717) is 30.6 Å². The van der Waals surface area contributed by atoms with Gasteiger partial charge in [-0.1, -0.05) is 13.3 Å². The average molecular weight is 367 g/mol. The molecule has 0 atom stereocenters. The molecule has 140 valence electrons. The van der Waals surface area contributed by atoms with Crippen LogP contribution in [0.1, 0.15) is 42.1 Å². The third-order valence-electron chi connectivity index (χ3n) is 4.61. The van der Waals surface area contributed by atoms with Gasteiger partial charge >= 0.3 is 0 Å². The van der Waals surface area contributed by atoms with Gasteiger partial charge in [-0.2, -0.15) is 0 Å². The topological polar surface area (TPSA) is 92.6 Å². The molecule has 1 aliphatic heterocycles. The Hall–Kier alpha value is -3.22. The van der Waals surface area contributed by atoms with E-state index in [2.05, 4.69) is 12.2 Å². The van der Waals surface area contributed by atoms with Crippen LogP contribution in [0.25, 0.3) is 0 Å². The molecule has 7 nitrogen and oxygen atoms in total. The number of hydrogen-bond acceptors (Lipinski definition) is 4. The molecule has 0 fully saturated rings. The summed E-state index contributed by atoms with van der Waals surface area (Å²) >= 11 is 0. The zero-order valence-corrected chi connectivity index (χ0v) is 15.1. The maximum Gasteiger partial charge on any atom is 0.269 e. The smallest absolute Gasteiger partial charge is 0.269 e. The molecule has 3 rings (SSSR count). The number of nitrogens with zero attached hydrogens (tertiary/aromatic N) is 2. The SMILES string of the molecule is CCCCN1C(=O)CCc2cc(NC(=O)c3ccc([N+](=O)[O-])cc3)ccc21. The first kappa shape index (κ1) is 18.6. The maximum atomic E-state index is 12.4. The second-order valence-electron chi connectivity index (χ2n) is 6.50. The molecule has 2 aromatic rings. The van der Waals surface area contributed by atoms with E-state index in [0.717, 1.165) is 24.1 Å². The Labute approximate surface area is 157 Å². The second kappa shape index (κ2) is 7.99. The maximum absolute atomic E-state index is 12.4. The van der Waals surface area contributed by atoms with Crippen LogP contribution >= 0.6 is 0 Å². The Bertz CT molecular complexity index is 877. The van der Waals surface area contributed by atoms with Crippen molar-refractivity contribution >= 4 is 28.9 Å². The fourth-order valence-corrected chi connectivity index (χ4v) is 3.14. The number of benzene rings is 2. The van der Waals surface area contributed by atoms with E-state index in [9.17, 15) is 19.7 Å². The van der Waals surface area contributed by atoms with Gasteiger partial charge in [-0.3, -0.25) is 19.7 Å². The second-order valence-corrected chi connectivity index (χ2v) is 6.50. The molecule has 2 amide bonds. The Kier molecular flexibility index (Phi) is 5.49. The summed E-state index contributed by atoms with van der Waals surface area (Å²) in [6, 6.07) is 11.0. The van der Waals surface area contributed by atoms with Crippen molar-refractivity contribution in [2.45, 2.75) is 32.6 Å². The number of carbonyl (C=O) groups excluding carboxylic acids is 2. The molecule has 27 heavy (non-hydrogen) atoms. The van der Waals surface area contributed by atoms with Gasteiger partial charge in [0, 0.05) is 42.0 Å². The van der Waals surface area contributed by atoms with Crippen molar-refractivity contribution in [3.63, 3.8) is 0 Å². The highest BCUT2D eigenvalue weighted by Gasteiger charge is 2.24. The number of non-ortho nitro benzene ring substituents is 1. The van der Waals surface area contributed by atoms with E-state index in [4.69, 9.17) is 0 Å². The standard InChI is InChI=1S/C20H21N3O4/c1-2-3-12-22-18-10-7-16(13-15(18)6-11-19(22)24)21-20(25)14-4-8-17(9-5-14)23(26)27/h4-5,7-10,13H,2-3,6,11-12H2,1H3,(H,21,25). The fourth-order valence-electron chi connectivity index (χ4n) is 3.14. The molecular formula is C20H21N3O4. The van der Waals surface area contributed by atoms with Gasteiger partial charge in [-0.05, 0) is 48.7 Å². The van der Waals surface area contributed by atoms with Crippen molar-refractivity contribution in [3.05, 3.63) is 63.7 Å². The molecule has 0 bridgehead atoms. The number of nitro benzene ring substituents is 1. The van der Waals surface area contributed by atoms with Gasteiger partial charge in [0.1, 0.15) is 0 Å². The van der Waals surface area contributed by atoms with E-state index in [1.54, 1.807) is 6.07 Å². The zero-order valence-electron chi connectivity index (χ0n) is 15.1.